The van der Waals surface area contributed by atoms with Crippen molar-refractivity contribution in [2.75, 3.05) is 10.8 Å². The van der Waals surface area contributed by atoms with Gasteiger partial charge in [-0.2, -0.15) is 5.10 Å². The smallest absolute Gasteiger partial charge is 0.343 e. The van der Waals surface area contributed by atoms with Crippen molar-refractivity contribution in [1.29, 1.82) is 0 Å². The van der Waals surface area contributed by atoms with Crippen LogP contribution in [0.2, 0.25) is 0 Å². The van der Waals surface area contributed by atoms with Gasteiger partial charge < -0.3 is 4.74 Å². The molecule has 0 bridgehead atoms. The Labute approximate surface area is 214 Å². The van der Waals surface area contributed by atoms with Crippen LogP contribution in [0.1, 0.15) is 15.9 Å². The fourth-order valence-corrected chi connectivity index (χ4v) is 4.67. The third-order valence-electron chi connectivity index (χ3n) is 5.06. The van der Waals surface area contributed by atoms with Crippen molar-refractivity contribution in [1.82, 2.24) is 10.4 Å². The van der Waals surface area contributed by atoms with E-state index < -0.39 is 28.4 Å². The fraction of sp³-hybridized carbons (Fsp3) is 0.0370. The van der Waals surface area contributed by atoms with Gasteiger partial charge in [-0.3, -0.25) is 14.1 Å². The summed E-state index contributed by atoms with van der Waals surface area (Å²) in [7, 11) is -4.02. The van der Waals surface area contributed by atoms with Gasteiger partial charge in [0.15, 0.2) is 0 Å². The van der Waals surface area contributed by atoms with Gasteiger partial charge in [0.1, 0.15) is 12.3 Å². The molecule has 1 heterocycles. The molecule has 4 rings (SSSR count). The number of nitrogens with zero attached hydrogens (tertiary/aromatic N) is 3. The number of rotatable bonds is 9. The normalized spacial score (nSPS) is 11.1. The lowest BCUT2D eigenvalue weighted by Gasteiger charge is -2.23. The summed E-state index contributed by atoms with van der Waals surface area (Å²) < 4.78 is 32.7. The Hall–Kier alpha value is -4.83. The lowest BCUT2D eigenvalue weighted by molar-refractivity contribution is -0.119. The van der Waals surface area contributed by atoms with E-state index in [0.29, 0.717) is 16.9 Å². The second kappa shape index (κ2) is 11.7. The van der Waals surface area contributed by atoms with Gasteiger partial charge in [0, 0.05) is 6.20 Å². The highest BCUT2D eigenvalue weighted by Gasteiger charge is 2.27. The van der Waals surface area contributed by atoms with Gasteiger partial charge in [0.25, 0.3) is 15.9 Å². The Morgan fingerprint density at radius 2 is 1.57 bits per heavy atom. The van der Waals surface area contributed by atoms with E-state index in [9.17, 15) is 18.0 Å². The van der Waals surface area contributed by atoms with E-state index in [4.69, 9.17) is 4.74 Å². The Kier molecular flexibility index (Phi) is 8.01. The molecule has 37 heavy (non-hydrogen) atoms. The van der Waals surface area contributed by atoms with Crippen LogP contribution in [0.3, 0.4) is 0 Å². The average molecular weight is 515 g/mol. The maximum Gasteiger partial charge on any atom is 0.343 e. The third-order valence-corrected chi connectivity index (χ3v) is 6.84. The monoisotopic (exact) mass is 514 g/mol. The number of hydrogen-bond acceptors (Lipinski definition) is 7. The molecule has 186 valence electrons. The summed E-state index contributed by atoms with van der Waals surface area (Å²) >= 11 is 0. The molecule has 10 heteroatoms. The maximum atomic E-state index is 13.2. The molecule has 0 saturated carbocycles. The molecule has 1 N–H and O–H groups in total. The number of benzene rings is 3. The van der Waals surface area contributed by atoms with Crippen LogP contribution in [-0.2, 0) is 14.8 Å². The second-order valence-corrected chi connectivity index (χ2v) is 9.52. The number of carbonyl (C=O) groups is 2. The lowest BCUT2D eigenvalue weighted by atomic mass is 10.2. The third kappa shape index (κ3) is 6.65. The van der Waals surface area contributed by atoms with E-state index in [2.05, 4.69) is 15.5 Å². The number of anilines is 1. The van der Waals surface area contributed by atoms with Crippen LogP contribution in [0.25, 0.3) is 0 Å². The Bertz CT molecular complexity index is 1480. The molecule has 0 spiro atoms. The molecule has 0 aliphatic carbocycles. The van der Waals surface area contributed by atoms with Crippen LogP contribution in [0, 0.1) is 0 Å². The minimum atomic E-state index is -4.02. The molecule has 1 amide bonds. The van der Waals surface area contributed by atoms with Crippen molar-refractivity contribution in [3.05, 3.63) is 121 Å². The van der Waals surface area contributed by atoms with Crippen LogP contribution in [0.5, 0.6) is 5.75 Å². The van der Waals surface area contributed by atoms with Gasteiger partial charge >= 0.3 is 5.97 Å². The molecule has 0 saturated heterocycles. The molecule has 1 aromatic heterocycles. The van der Waals surface area contributed by atoms with Gasteiger partial charge in [-0.05, 0) is 66.2 Å². The Morgan fingerprint density at radius 3 is 2.22 bits per heavy atom. The molecule has 3 aromatic carbocycles. The summed E-state index contributed by atoms with van der Waals surface area (Å²) in [6.45, 7) is -0.505. The van der Waals surface area contributed by atoms with E-state index in [-0.39, 0.29) is 10.6 Å². The summed E-state index contributed by atoms with van der Waals surface area (Å²) in [6, 6.07) is 26.1. The number of sulfonamides is 1. The van der Waals surface area contributed by atoms with Crippen molar-refractivity contribution in [2.24, 2.45) is 5.10 Å². The quantitative estimate of drug-likeness (QED) is 0.158. The summed E-state index contributed by atoms with van der Waals surface area (Å²) in [5.74, 6) is -0.765. The minimum Gasteiger partial charge on any atom is -0.423 e. The van der Waals surface area contributed by atoms with E-state index >= 15 is 0 Å². The largest absolute Gasteiger partial charge is 0.423 e. The zero-order chi connectivity index (χ0) is 26.1. The van der Waals surface area contributed by atoms with Crippen molar-refractivity contribution < 1.29 is 22.7 Å². The number of aromatic nitrogens is 1. The number of hydrazone groups is 1. The van der Waals surface area contributed by atoms with Crippen LogP contribution >= 0.6 is 0 Å². The molecule has 0 radical (unpaired) electrons. The lowest BCUT2D eigenvalue weighted by Crippen LogP contribution is -2.39. The van der Waals surface area contributed by atoms with Crippen LogP contribution in [-0.4, -0.2) is 38.0 Å². The number of pyridine rings is 1. The molecule has 9 nitrogen and oxygen atoms in total. The SMILES string of the molecule is O=C(CN(c1cccnc1)S(=O)(=O)c1ccccc1)N/N=C\c1ccc(OC(=O)c2ccccc2)cc1. The maximum absolute atomic E-state index is 13.2. The highest BCUT2D eigenvalue weighted by molar-refractivity contribution is 7.92. The van der Waals surface area contributed by atoms with Crippen molar-refractivity contribution >= 4 is 33.8 Å². The van der Waals surface area contributed by atoms with E-state index in [0.717, 1.165) is 4.31 Å². The molecular formula is C27H22N4O5S. The predicted molar refractivity (Wildman–Crippen MR) is 139 cm³/mol. The van der Waals surface area contributed by atoms with E-state index in [1.165, 1.54) is 30.7 Å². The van der Waals surface area contributed by atoms with Gasteiger partial charge in [-0.25, -0.2) is 18.6 Å². The van der Waals surface area contributed by atoms with Gasteiger partial charge in [0.2, 0.25) is 0 Å². The van der Waals surface area contributed by atoms with Crippen molar-refractivity contribution in [2.45, 2.75) is 4.90 Å². The van der Waals surface area contributed by atoms with Crippen LogP contribution in [0.15, 0.2) is 119 Å². The number of amides is 1. The summed E-state index contributed by atoms with van der Waals surface area (Å²) in [4.78, 5) is 28.8. The molecule has 0 atom stereocenters. The minimum absolute atomic E-state index is 0.0446. The van der Waals surface area contributed by atoms with Crippen LogP contribution in [0.4, 0.5) is 5.69 Å². The van der Waals surface area contributed by atoms with Gasteiger partial charge in [-0.1, -0.05) is 36.4 Å². The Morgan fingerprint density at radius 1 is 0.892 bits per heavy atom. The number of nitrogens with one attached hydrogen (secondary N) is 1. The summed E-state index contributed by atoms with van der Waals surface area (Å²) in [5.41, 5.74) is 3.65. The number of hydrogen-bond donors (Lipinski definition) is 1. The molecular weight excluding hydrogens is 492 g/mol. The Balaban J connectivity index is 1.39. The zero-order valence-electron chi connectivity index (χ0n) is 19.5. The van der Waals surface area contributed by atoms with E-state index in [1.54, 1.807) is 78.9 Å². The van der Waals surface area contributed by atoms with Crippen LogP contribution < -0.4 is 14.5 Å². The predicted octanol–water partition coefficient (Wildman–Crippen LogP) is 3.65. The molecule has 0 fully saturated rings. The second-order valence-electron chi connectivity index (χ2n) is 7.65. The first-order chi connectivity index (χ1) is 17.9. The van der Waals surface area contributed by atoms with E-state index in [1.807, 2.05) is 6.07 Å². The number of carbonyl (C=O) groups excluding carboxylic acids is 2. The highest BCUT2D eigenvalue weighted by Crippen LogP contribution is 2.22. The summed E-state index contributed by atoms with van der Waals surface area (Å²) in [5, 5.41) is 3.91. The van der Waals surface area contributed by atoms with Crippen molar-refractivity contribution in [3.8, 4) is 5.75 Å². The van der Waals surface area contributed by atoms with Crippen molar-refractivity contribution in [3.63, 3.8) is 0 Å². The topological polar surface area (TPSA) is 118 Å². The molecule has 0 unspecified atom stereocenters. The standard InChI is InChI=1S/C27H22N4O5S/c32-26(20-31(23-10-7-17-28-19-23)37(34,35)25-11-5-2-6-12-25)30-29-18-21-13-15-24(16-14-21)36-27(33)22-8-3-1-4-9-22/h1-19H,20H2,(H,30,32)/b29-18-. The molecule has 4 aromatic rings. The molecule has 0 aliphatic rings. The van der Waals surface area contributed by atoms with Gasteiger partial charge in [-0.15, -0.1) is 0 Å². The number of ether oxygens (including phenoxy) is 1. The average Bonchev–Trinajstić information content (AvgIpc) is 2.94. The molecule has 0 aliphatic heterocycles. The first-order valence-corrected chi connectivity index (χ1v) is 12.5. The zero-order valence-corrected chi connectivity index (χ0v) is 20.3. The number of esters is 1. The highest BCUT2D eigenvalue weighted by atomic mass is 32.2. The first-order valence-electron chi connectivity index (χ1n) is 11.1. The fourth-order valence-electron chi connectivity index (χ4n) is 3.24. The summed E-state index contributed by atoms with van der Waals surface area (Å²) in [6.07, 6.45) is 4.26. The van der Waals surface area contributed by atoms with Gasteiger partial charge in [0.05, 0.1) is 28.6 Å². The first kappa shape index (κ1) is 25.3.